The fraction of sp³-hybridized carbons (Fsp3) is 0.941. The number of nitrogens with zero attached hydrogens (tertiary/aromatic N) is 1. The second-order valence-electron chi connectivity index (χ2n) is 7.48. The molecule has 0 aromatic carbocycles. The molecular weight excluding hydrogens is 282 g/mol. The van der Waals surface area contributed by atoms with Gasteiger partial charge in [-0.05, 0) is 14.1 Å². The first-order valence-corrected chi connectivity index (χ1v) is 8.44. The van der Waals surface area contributed by atoms with Crippen LogP contribution in [0.2, 0.25) is 0 Å². The van der Waals surface area contributed by atoms with Crippen molar-refractivity contribution in [3.63, 3.8) is 0 Å². The van der Waals surface area contributed by atoms with E-state index in [4.69, 9.17) is 14.2 Å². The zero-order chi connectivity index (χ0) is 16.5. The Balaban J connectivity index is 1.85. The van der Waals surface area contributed by atoms with Crippen molar-refractivity contribution in [3.05, 3.63) is 0 Å². The van der Waals surface area contributed by atoms with Crippen LogP contribution in [0.3, 0.4) is 0 Å². The summed E-state index contributed by atoms with van der Waals surface area (Å²) in [5.74, 6) is -0.00839. The number of esters is 1. The minimum absolute atomic E-state index is 0.0523. The van der Waals surface area contributed by atoms with Crippen molar-refractivity contribution in [2.45, 2.75) is 71.1 Å². The molecule has 0 radical (unpaired) electrons. The molecule has 2 aliphatic rings. The quantitative estimate of drug-likeness (QED) is 0.705. The zero-order valence-corrected chi connectivity index (χ0v) is 14.8. The Hall–Kier alpha value is -0.650. The summed E-state index contributed by atoms with van der Waals surface area (Å²) in [5, 5.41) is 0. The molecule has 1 saturated carbocycles. The largest absolute Gasteiger partial charge is 0.462 e. The molecule has 5 nitrogen and oxygen atoms in total. The Labute approximate surface area is 134 Å². The van der Waals surface area contributed by atoms with Gasteiger partial charge in [0, 0.05) is 31.2 Å². The standard InChI is InChI=1S/C17H31NO4/c1-11(2)17(12(3)4)21-14-9-13(10-15(14)22-17)20-16(19)7-8-18(5)6/h11-15H,7-10H2,1-6H3/t13?,14-,15+. The van der Waals surface area contributed by atoms with E-state index in [0.717, 1.165) is 19.4 Å². The highest BCUT2D eigenvalue weighted by Crippen LogP contribution is 2.46. The average Bonchev–Trinajstić information content (AvgIpc) is 2.92. The summed E-state index contributed by atoms with van der Waals surface area (Å²) in [6, 6.07) is 0. The van der Waals surface area contributed by atoms with E-state index in [0.29, 0.717) is 18.3 Å². The van der Waals surface area contributed by atoms with Gasteiger partial charge in [0.1, 0.15) is 6.10 Å². The molecule has 1 heterocycles. The molecule has 0 N–H and O–H groups in total. The molecular formula is C17H31NO4. The molecule has 0 spiro atoms. The average molecular weight is 313 g/mol. The van der Waals surface area contributed by atoms with Gasteiger partial charge in [-0.1, -0.05) is 27.7 Å². The van der Waals surface area contributed by atoms with Crippen LogP contribution in [-0.2, 0) is 19.0 Å². The first-order valence-electron chi connectivity index (χ1n) is 8.44. The third kappa shape index (κ3) is 3.63. The van der Waals surface area contributed by atoms with E-state index < -0.39 is 5.79 Å². The highest BCUT2D eigenvalue weighted by Gasteiger charge is 2.55. The maximum atomic E-state index is 11.8. The van der Waals surface area contributed by atoms with Crippen molar-refractivity contribution < 1.29 is 19.0 Å². The second kappa shape index (κ2) is 6.85. The Kier molecular flexibility index (Phi) is 5.51. The van der Waals surface area contributed by atoms with E-state index in [1.165, 1.54) is 0 Å². The van der Waals surface area contributed by atoms with Crippen LogP contribution >= 0.6 is 0 Å². The van der Waals surface area contributed by atoms with Crippen LogP contribution in [0.5, 0.6) is 0 Å². The minimum Gasteiger partial charge on any atom is -0.462 e. The van der Waals surface area contributed by atoms with Gasteiger partial charge in [0.15, 0.2) is 5.79 Å². The van der Waals surface area contributed by atoms with Crippen LogP contribution in [0.4, 0.5) is 0 Å². The number of hydrogen-bond donors (Lipinski definition) is 0. The Morgan fingerprint density at radius 2 is 1.64 bits per heavy atom. The van der Waals surface area contributed by atoms with Crippen LogP contribution in [0.25, 0.3) is 0 Å². The van der Waals surface area contributed by atoms with Crippen LogP contribution in [0.15, 0.2) is 0 Å². The lowest BCUT2D eigenvalue weighted by atomic mass is 9.91. The normalized spacial score (nSPS) is 30.3. The highest BCUT2D eigenvalue weighted by molar-refractivity contribution is 5.69. The van der Waals surface area contributed by atoms with Crippen LogP contribution in [-0.4, -0.2) is 55.6 Å². The molecule has 1 unspecified atom stereocenters. The van der Waals surface area contributed by atoms with Gasteiger partial charge in [-0.3, -0.25) is 4.79 Å². The predicted octanol–water partition coefficient (Wildman–Crippen LogP) is 2.44. The van der Waals surface area contributed by atoms with Crippen molar-refractivity contribution in [2.75, 3.05) is 20.6 Å². The fourth-order valence-electron chi connectivity index (χ4n) is 3.53. The number of fused-ring (bicyclic) bond motifs is 1. The summed E-state index contributed by atoms with van der Waals surface area (Å²) in [7, 11) is 3.90. The first-order chi connectivity index (χ1) is 10.2. The van der Waals surface area contributed by atoms with Crippen molar-refractivity contribution in [3.8, 4) is 0 Å². The predicted molar refractivity (Wildman–Crippen MR) is 84.4 cm³/mol. The molecule has 2 rings (SSSR count). The fourth-order valence-corrected chi connectivity index (χ4v) is 3.53. The number of rotatable bonds is 6. The van der Waals surface area contributed by atoms with Gasteiger partial charge in [0.05, 0.1) is 18.6 Å². The van der Waals surface area contributed by atoms with Gasteiger partial charge in [0.2, 0.25) is 0 Å². The summed E-state index contributed by atoms with van der Waals surface area (Å²) >= 11 is 0. The molecule has 3 atom stereocenters. The lowest BCUT2D eigenvalue weighted by Crippen LogP contribution is -2.43. The smallest absolute Gasteiger partial charge is 0.307 e. The van der Waals surface area contributed by atoms with Gasteiger partial charge in [-0.25, -0.2) is 0 Å². The Morgan fingerprint density at radius 3 is 2.05 bits per heavy atom. The van der Waals surface area contributed by atoms with Crippen LogP contribution in [0, 0.1) is 11.8 Å². The molecule has 22 heavy (non-hydrogen) atoms. The molecule has 0 amide bonds. The van der Waals surface area contributed by atoms with Crippen LogP contribution in [0.1, 0.15) is 47.0 Å². The molecule has 0 bridgehead atoms. The van der Waals surface area contributed by atoms with Crippen LogP contribution < -0.4 is 0 Å². The minimum atomic E-state index is -0.491. The lowest BCUT2D eigenvalue weighted by Gasteiger charge is -2.37. The van der Waals surface area contributed by atoms with Crippen molar-refractivity contribution in [1.29, 1.82) is 0 Å². The van der Waals surface area contributed by atoms with Crippen molar-refractivity contribution in [2.24, 2.45) is 11.8 Å². The summed E-state index contributed by atoms with van der Waals surface area (Å²) in [4.78, 5) is 13.8. The second-order valence-corrected chi connectivity index (χ2v) is 7.48. The monoisotopic (exact) mass is 313 g/mol. The third-order valence-electron chi connectivity index (χ3n) is 4.75. The Morgan fingerprint density at radius 1 is 1.14 bits per heavy atom. The first kappa shape index (κ1) is 17.7. The van der Waals surface area contributed by atoms with E-state index in [2.05, 4.69) is 27.7 Å². The molecule has 1 aliphatic carbocycles. The number of carbonyl (C=O) groups excluding carboxylic acids is 1. The van der Waals surface area contributed by atoms with Crippen molar-refractivity contribution in [1.82, 2.24) is 4.90 Å². The lowest BCUT2D eigenvalue weighted by molar-refractivity contribution is -0.239. The SMILES string of the molecule is CC(C)C1(C(C)C)O[C@H]2CC(OC(=O)CCN(C)C)C[C@H]2O1. The molecule has 0 aromatic rings. The molecule has 2 fully saturated rings. The van der Waals surface area contributed by atoms with E-state index in [1.54, 1.807) is 0 Å². The third-order valence-corrected chi connectivity index (χ3v) is 4.75. The van der Waals surface area contributed by atoms with Gasteiger partial charge >= 0.3 is 5.97 Å². The van der Waals surface area contributed by atoms with Gasteiger partial charge in [-0.2, -0.15) is 0 Å². The number of hydrogen-bond acceptors (Lipinski definition) is 5. The van der Waals surface area contributed by atoms with Gasteiger partial charge in [0.25, 0.3) is 0 Å². The van der Waals surface area contributed by atoms with Crippen molar-refractivity contribution >= 4 is 5.97 Å². The summed E-state index contributed by atoms with van der Waals surface area (Å²) in [6.07, 6.45) is 1.97. The van der Waals surface area contributed by atoms with E-state index in [9.17, 15) is 4.79 Å². The topological polar surface area (TPSA) is 48.0 Å². The molecule has 5 heteroatoms. The summed E-state index contributed by atoms with van der Waals surface area (Å²) < 4.78 is 18.1. The van der Waals surface area contributed by atoms with Gasteiger partial charge in [-0.15, -0.1) is 0 Å². The van der Waals surface area contributed by atoms with E-state index >= 15 is 0 Å². The molecule has 128 valence electrons. The maximum Gasteiger partial charge on any atom is 0.307 e. The van der Waals surface area contributed by atoms with E-state index in [-0.39, 0.29) is 24.3 Å². The number of carbonyl (C=O) groups is 1. The van der Waals surface area contributed by atoms with E-state index in [1.807, 2.05) is 19.0 Å². The maximum absolute atomic E-state index is 11.8. The molecule has 1 saturated heterocycles. The molecule has 1 aliphatic heterocycles. The summed E-state index contributed by atoms with van der Waals surface area (Å²) in [6.45, 7) is 9.27. The summed E-state index contributed by atoms with van der Waals surface area (Å²) in [5.41, 5.74) is 0. The highest BCUT2D eigenvalue weighted by atomic mass is 16.8. The Bertz CT molecular complexity index is 370. The zero-order valence-electron chi connectivity index (χ0n) is 14.8. The molecule has 0 aromatic heterocycles. The number of ether oxygens (including phenoxy) is 3. The van der Waals surface area contributed by atoms with Gasteiger partial charge < -0.3 is 19.1 Å².